The molecule has 2 rings (SSSR count). The second-order valence-electron chi connectivity index (χ2n) is 3.37. The van der Waals surface area contributed by atoms with E-state index in [2.05, 4.69) is 0 Å². The highest BCUT2D eigenvalue weighted by atomic mass is 16.7. The predicted octanol–water partition coefficient (Wildman–Crippen LogP) is 1.68. The molecule has 7 nitrogen and oxygen atoms in total. The lowest BCUT2D eigenvalue weighted by Gasteiger charge is -2.12. The Morgan fingerprint density at radius 3 is 2.67 bits per heavy atom. The lowest BCUT2D eigenvalue weighted by atomic mass is 10.1. The Morgan fingerprint density at radius 1 is 1.33 bits per heavy atom. The monoisotopic (exact) mass is 253 g/mol. The van der Waals surface area contributed by atoms with E-state index in [1.807, 2.05) is 0 Å². The molecule has 18 heavy (non-hydrogen) atoms. The molecule has 0 saturated heterocycles. The summed E-state index contributed by atoms with van der Waals surface area (Å²) in [4.78, 5) is 9.79. The molecule has 0 fully saturated rings. The summed E-state index contributed by atoms with van der Waals surface area (Å²) < 4.78 is 20.9. The van der Waals surface area contributed by atoms with Crippen molar-refractivity contribution in [2.45, 2.75) is 0 Å². The molecule has 0 saturated carbocycles. The zero-order valence-corrected chi connectivity index (χ0v) is 9.84. The van der Waals surface area contributed by atoms with Crippen LogP contribution in [0.1, 0.15) is 5.56 Å². The summed E-state index contributed by atoms with van der Waals surface area (Å²) in [5, 5.41) is 10.4. The van der Waals surface area contributed by atoms with Gasteiger partial charge in [-0.3, -0.25) is 10.1 Å². The standard InChI is InChI=1S/C11H11NO6/c1-15-9-7(3-4-12(13)14)5-8-10(11(9)16-2)18-6-17-8/h3-5H,6H2,1-2H3/b4-3+. The van der Waals surface area contributed by atoms with E-state index in [4.69, 9.17) is 18.9 Å². The van der Waals surface area contributed by atoms with Crippen LogP contribution >= 0.6 is 0 Å². The van der Waals surface area contributed by atoms with E-state index in [1.165, 1.54) is 20.3 Å². The molecule has 1 aromatic rings. The fraction of sp³-hybridized carbons (Fsp3) is 0.273. The summed E-state index contributed by atoms with van der Waals surface area (Å²) in [5.74, 6) is 1.62. The number of rotatable bonds is 4. The van der Waals surface area contributed by atoms with E-state index >= 15 is 0 Å². The van der Waals surface area contributed by atoms with Crippen LogP contribution in [0.4, 0.5) is 0 Å². The first-order valence-corrected chi connectivity index (χ1v) is 5.03. The van der Waals surface area contributed by atoms with Crippen molar-refractivity contribution in [1.82, 2.24) is 0 Å². The Labute approximate surface area is 103 Å². The average molecular weight is 253 g/mol. The summed E-state index contributed by atoms with van der Waals surface area (Å²) in [6, 6.07) is 1.60. The number of ether oxygens (including phenoxy) is 4. The molecule has 0 amide bonds. The summed E-state index contributed by atoms with van der Waals surface area (Å²) in [6.07, 6.45) is 2.13. The first-order valence-electron chi connectivity index (χ1n) is 5.03. The van der Waals surface area contributed by atoms with Gasteiger partial charge in [-0.15, -0.1) is 0 Å². The van der Waals surface area contributed by atoms with Gasteiger partial charge in [-0.1, -0.05) is 0 Å². The molecule has 0 aromatic heterocycles. The lowest BCUT2D eigenvalue weighted by molar-refractivity contribution is -0.400. The Kier molecular flexibility index (Phi) is 3.22. The van der Waals surface area contributed by atoms with Gasteiger partial charge in [0.15, 0.2) is 11.5 Å². The molecule has 96 valence electrons. The predicted molar refractivity (Wildman–Crippen MR) is 61.7 cm³/mol. The van der Waals surface area contributed by atoms with E-state index in [1.54, 1.807) is 6.07 Å². The summed E-state index contributed by atoms with van der Waals surface area (Å²) in [6.45, 7) is 0.0806. The van der Waals surface area contributed by atoms with Gasteiger partial charge in [0, 0.05) is 11.6 Å². The van der Waals surface area contributed by atoms with Crippen molar-refractivity contribution in [1.29, 1.82) is 0 Å². The molecular weight excluding hydrogens is 242 g/mol. The van der Waals surface area contributed by atoms with Gasteiger partial charge in [-0.2, -0.15) is 0 Å². The minimum Gasteiger partial charge on any atom is -0.492 e. The number of hydrogen-bond donors (Lipinski definition) is 0. The van der Waals surface area contributed by atoms with Crippen LogP contribution in [0.25, 0.3) is 6.08 Å². The quantitative estimate of drug-likeness (QED) is 0.600. The zero-order valence-electron chi connectivity index (χ0n) is 9.84. The molecule has 0 atom stereocenters. The fourth-order valence-corrected chi connectivity index (χ4v) is 1.68. The van der Waals surface area contributed by atoms with Crippen molar-refractivity contribution in [3.05, 3.63) is 27.9 Å². The van der Waals surface area contributed by atoms with Crippen LogP contribution in [-0.4, -0.2) is 25.9 Å². The van der Waals surface area contributed by atoms with Gasteiger partial charge in [0.05, 0.1) is 19.1 Å². The van der Waals surface area contributed by atoms with Crippen LogP contribution in [0.5, 0.6) is 23.0 Å². The second kappa shape index (κ2) is 4.82. The van der Waals surface area contributed by atoms with Crippen molar-refractivity contribution in [3.63, 3.8) is 0 Å². The third kappa shape index (κ3) is 2.02. The maximum atomic E-state index is 10.4. The molecule has 1 aliphatic rings. The van der Waals surface area contributed by atoms with Gasteiger partial charge in [0.1, 0.15) is 0 Å². The van der Waals surface area contributed by atoms with Gasteiger partial charge < -0.3 is 18.9 Å². The number of benzene rings is 1. The van der Waals surface area contributed by atoms with Crippen LogP contribution in [0, 0.1) is 10.1 Å². The molecule has 0 N–H and O–H groups in total. The number of fused-ring (bicyclic) bond motifs is 1. The first-order chi connectivity index (χ1) is 8.67. The third-order valence-corrected chi connectivity index (χ3v) is 2.39. The first kappa shape index (κ1) is 12.0. The Balaban J connectivity index is 2.55. The summed E-state index contributed by atoms with van der Waals surface area (Å²) in [5.41, 5.74) is 0.482. The van der Waals surface area contributed by atoms with Crippen LogP contribution in [0.2, 0.25) is 0 Å². The van der Waals surface area contributed by atoms with E-state index < -0.39 is 4.92 Å². The molecule has 1 aromatic carbocycles. The van der Waals surface area contributed by atoms with Crippen LogP contribution in [0.15, 0.2) is 12.3 Å². The van der Waals surface area contributed by atoms with E-state index in [0.717, 1.165) is 6.20 Å². The lowest BCUT2D eigenvalue weighted by Crippen LogP contribution is -1.96. The minimum atomic E-state index is -0.559. The van der Waals surface area contributed by atoms with Crippen LogP contribution in [-0.2, 0) is 0 Å². The van der Waals surface area contributed by atoms with Crippen LogP contribution < -0.4 is 18.9 Å². The molecule has 0 aliphatic carbocycles. The smallest absolute Gasteiger partial charge is 0.235 e. The zero-order chi connectivity index (χ0) is 13.1. The largest absolute Gasteiger partial charge is 0.492 e. The molecule has 7 heteroatoms. The minimum absolute atomic E-state index is 0.0806. The Hall–Kier alpha value is -2.44. The molecule has 0 radical (unpaired) electrons. The van der Waals surface area contributed by atoms with Gasteiger partial charge >= 0.3 is 0 Å². The van der Waals surface area contributed by atoms with E-state index in [-0.39, 0.29) is 6.79 Å². The van der Waals surface area contributed by atoms with Gasteiger partial charge in [-0.25, -0.2) is 0 Å². The molecular formula is C11H11NO6. The maximum Gasteiger partial charge on any atom is 0.235 e. The summed E-state index contributed by atoms with van der Waals surface area (Å²) >= 11 is 0. The van der Waals surface area contributed by atoms with Crippen molar-refractivity contribution >= 4 is 6.08 Å². The van der Waals surface area contributed by atoms with Crippen molar-refractivity contribution in [2.75, 3.05) is 21.0 Å². The SMILES string of the molecule is COc1c(/C=C/[N+](=O)[O-])cc2c(c1OC)OCO2. The number of nitro groups is 1. The maximum absolute atomic E-state index is 10.4. The van der Waals surface area contributed by atoms with Crippen molar-refractivity contribution < 1.29 is 23.9 Å². The van der Waals surface area contributed by atoms with Crippen LogP contribution in [0.3, 0.4) is 0 Å². The van der Waals surface area contributed by atoms with E-state index in [9.17, 15) is 10.1 Å². The van der Waals surface area contributed by atoms with Gasteiger partial charge in [0.25, 0.3) is 0 Å². The van der Waals surface area contributed by atoms with Crippen molar-refractivity contribution in [3.8, 4) is 23.0 Å². The Morgan fingerprint density at radius 2 is 2.06 bits per heavy atom. The highest BCUT2D eigenvalue weighted by Gasteiger charge is 2.25. The normalized spacial score (nSPS) is 12.8. The molecule has 0 bridgehead atoms. The molecule has 0 unspecified atom stereocenters. The number of methoxy groups -OCH3 is 2. The van der Waals surface area contributed by atoms with Gasteiger partial charge in [-0.05, 0) is 6.07 Å². The average Bonchev–Trinajstić information content (AvgIpc) is 2.81. The van der Waals surface area contributed by atoms with E-state index in [0.29, 0.717) is 28.6 Å². The molecule has 0 spiro atoms. The number of nitrogens with zero attached hydrogens (tertiary/aromatic N) is 1. The summed E-state index contributed by atoms with van der Waals surface area (Å²) in [7, 11) is 2.91. The molecule has 1 aliphatic heterocycles. The highest BCUT2D eigenvalue weighted by molar-refractivity contribution is 5.71. The topological polar surface area (TPSA) is 80.1 Å². The number of hydrogen-bond acceptors (Lipinski definition) is 6. The Bertz CT molecular complexity index is 511. The highest BCUT2D eigenvalue weighted by Crippen LogP contribution is 2.49. The third-order valence-electron chi connectivity index (χ3n) is 2.39. The fourth-order valence-electron chi connectivity index (χ4n) is 1.68. The van der Waals surface area contributed by atoms with Crippen molar-refractivity contribution in [2.24, 2.45) is 0 Å². The second-order valence-corrected chi connectivity index (χ2v) is 3.37. The van der Waals surface area contributed by atoms with Gasteiger partial charge in [0.2, 0.25) is 24.5 Å². The molecule has 1 heterocycles.